The number of amides is 1. The number of hydrogen-bond donors (Lipinski definition) is 2. The van der Waals surface area contributed by atoms with Gasteiger partial charge in [0.05, 0.1) is 6.61 Å². The molecule has 1 aromatic heterocycles. The highest BCUT2D eigenvalue weighted by molar-refractivity contribution is 7.08. The largest absolute Gasteiger partial charge is 0.459 e. The Morgan fingerprint density at radius 1 is 1.31 bits per heavy atom. The van der Waals surface area contributed by atoms with Crippen LogP contribution in [0, 0.1) is 0 Å². The first-order valence-corrected chi connectivity index (χ1v) is 10.6. The first-order valence-electron chi connectivity index (χ1n) is 9.70. The van der Waals surface area contributed by atoms with E-state index in [0.29, 0.717) is 25.2 Å². The van der Waals surface area contributed by atoms with Crippen molar-refractivity contribution in [3.8, 4) is 0 Å². The Morgan fingerprint density at radius 3 is 2.88 bits per heavy atom. The summed E-state index contributed by atoms with van der Waals surface area (Å²) in [6.07, 6.45) is 9.44. The summed E-state index contributed by atoms with van der Waals surface area (Å²) in [5.41, 5.74) is 1.20. The van der Waals surface area contributed by atoms with Crippen molar-refractivity contribution in [1.82, 2.24) is 5.32 Å². The third-order valence-electron chi connectivity index (χ3n) is 5.05. The molecule has 5 nitrogen and oxygen atoms in total. The quantitative estimate of drug-likeness (QED) is 0.676. The molecule has 1 aliphatic heterocycles. The number of ether oxygens (including phenoxy) is 2. The van der Waals surface area contributed by atoms with E-state index < -0.39 is 6.29 Å². The summed E-state index contributed by atoms with van der Waals surface area (Å²) in [5.74, 6) is 0.385. The summed E-state index contributed by atoms with van der Waals surface area (Å²) in [5, 5.41) is 16.2. The van der Waals surface area contributed by atoms with E-state index in [-0.39, 0.29) is 24.5 Å². The zero-order chi connectivity index (χ0) is 18.2. The fourth-order valence-corrected chi connectivity index (χ4v) is 4.29. The monoisotopic (exact) mass is 379 g/mol. The van der Waals surface area contributed by atoms with Crippen LogP contribution in [0.1, 0.15) is 62.8 Å². The van der Waals surface area contributed by atoms with Gasteiger partial charge in [-0.2, -0.15) is 11.3 Å². The molecule has 0 saturated heterocycles. The van der Waals surface area contributed by atoms with Crippen LogP contribution in [0.2, 0.25) is 0 Å². The molecule has 1 amide bonds. The molecule has 6 heteroatoms. The van der Waals surface area contributed by atoms with E-state index in [1.165, 1.54) is 24.8 Å². The number of unbranched alkanes of at least 4 members (excludes halogenated alkanes) is 1. The highest BCUT2D eigenvalue weighted by Crippen LogP contribution is 2.32. The summed E-state index contributed by atoms with van der Waals surface area (Å²) in [6, 6.07) is 2.35. The van der Waals surface area contributed by atoms with E-state index >= 15 is 0 Å². The Morgan fingerprint density at radius 2 is 2.15 bits per heavy atom. The fourth-order valence-electron chi connectivity index (χ4n) is 3.57. The lowest BCUT2D eigenvalue weighted by atomic mass is 9.94. The third kappa shape index (κ3) is 5.56. The van der Waals surface area contributed by atoms with Gasteiger partial charge in [-0.3, -0.25) is 4.79 Å². The van der Waals surface area contributed by atoms with Gasteiger partial charge in [0.2, 0.25) is 6.29 Å². The number of aliphatic hydroxyl groups excluding tert-OH is 1. The zero-order valence-corrected chi connectivity index (χ0v) is 16.0. The smallest absolute Gasteiger partial charge is 0.286 e. The summed E-state index contributed by atoms with van der Waals surface area (Å²) in [7, 11) is 0. The van der Waals surface area contributed by atoms with Gasteiger partial charge >= 0.3 is 0 Å². The Labute approximate surface area is 159 Å². The van der Waals surface area contributed by atoms with Crippen molar-refractivity contribution in [2.75, 3.05) is 13.2 Å². The topological polar surface area (TPSA) is 67.8 Å². The van der Waals surface area contributed by atoms with Crippen molar-refractivity contribution in [1.29, 1.82) is 0 Å². The highest BCUT2D eigenvalue weighted by atomic mass is 32.1. The van der Waals surface area contributed by atoms with Gasteiger partial charge in [-0.05, 0) is 54.1 Å². The SMILES string of the molecule is O=C(NC1CCCCC1)C1=C[C@@H](c2ccsc2)C[C@@H](OCCCCO)O1. The van der Waals surface area contributed by atoms with Crippen LogP contribution in [0.25, 0.3) is 0 Å². The van der Waals surface area contributed by atoms with Crippen molar-refractivity contribution in [2.45, 2.75) is 69.6 Å². The van der Waals surface area contributed by atoms with Gasteiger partial charge < -0.3 is 19.9 Å². The molecule has 2 aliphatic rings. The average Bonchev–Trinajstić information content (AvgIpc) is 3.21. The van der Waals surface area contributed by atoms with Gasteiger partial charge in [0, 0.05) is 25.0 Å². The lowest BCUT2D eigenvalue weighted by Gasteiger charge is -2.30. The Kier molecular flexibility index (Phi) is 7.53. The molecular weight excluding hydrogens is 350 g/mol. The zero-order valence-electron chi connectivity index (χ0n) is 15.2. The molecule has 1 aromatic rings. The summed E-state index contributed by atoms with van der Waals surface area (Å²) < 4.78 is 11.7. The van der Waals surface area contributed by atoms with Crippen molar-refractivity contribution < 1.29 is 19.4 Å². The lowest BCUT2D eigenvalue weighted by Crippen LogP contribution is -2.39. The highest BCUT2D eigenvalue weighted by Gasteiger charge is 2.30. The van der Waals surface area contributed by atoms with Crippen molar-refractivity contribution >= 4 is 17.2 Å². The van der Waals surface area contributed by atoms with Gasteiger partial charge in [0.15, 0.2) is 5.76 Å². The predicted octanol–water partition coefficient (Wildman–Crippen LogP) is 3.70. The normalized spacial score (nSPS) is 24.0. The van der Waals surface area contributed by atoms with Gasteiger partial charge in [-0.15, -0.1) is 0 Å². The maximum atomic E-state index is 12.7. The van der Waals surface area contributed by atoms with Gasteiger partial charge in [0.1, 0.15) is 0 Å². The predicted molar refractivity (Wildman–Crippen MR) is 102 cm³/mol. The van der Waals surface area contributed by atoms with E-state index in [1.807, 2.05) is 6.08 Å². The number of hydrogen-bond acceptors (Lipinski definition) is 5. The summed E-state index contributed by atoms with van der Waals surface area (Å²) in [4.78, 5) is 12.7. The fraction of sp³-hybridized carbons (Fsp3) is 0.650. The summed E-state index contributed by atoms with van der Waals surface area (Å²) in [6.45, 7) is 0.695. The second kappa shape index (κ2) is 10.1. The van der Waals surface area contributed by atoms with Crippen molar-refractivity contribution in [3.05, 3.63) is 34.2 Å². The molecule has 0 bridgehead atoms. The van der Waals surface area contributed by atoms with Crippen LogP contribution >= 0.6 is 11.3 Å². The van der Waals surface area contributed by atoms with Crippen molar-refractivity contribution in [2.24, 2.45) is 0 Å². The van der Waals surface area contributed by atoms with Crippen LogP contribution in [0.15, 0.2) is 28.7 Å². The van der Waals surface area contributed by atoms with E-state index in [2.05, 4.69) is 22.1 Å². The van der Waals surface area contributed by atoms with E-state index in [9.17, 15) is 4.79 Å². The molecule has 1 aliphatic carbocycles. The number of aliphatic hydroxyl groups is 1. The van der Waals surface area contributed by atoms with Crippen LogP contribution in [0.3, 0.4) is 0 Å². The van der Waals surface area contributed by atoms with E-state index in [1.54, 1.807) is 11.3 Å². The second-order valence-electron chi connectivity index (χ2n) is 7.09. The molecule has 2 heterocycles. The molecule has 0 aromatic carbocycles. The number of nitrogens with one attached hydrogen (secondary N) is 1. The average molecular weight is 380 g/mol. The third-order valence-corrected chi connectivity index (χ3v) is 5.75. The molecular formula is C20H29NO4S. The molecule has 0 spiro atoms. The summed E-state index contributed by atoms with van der Waals surface area (Å²) >= 11 is 1.66. The minimum Gasteiger partial charge on any atom is -0.459 e. The van der Waals surface area contributed by atoms with Gasteiger partial charge in [0.25, 0.3) is 5.91 Å². The Balaban J connectivity index is 1.63. The molecule has 26 heavy (non-hydrogen) atoms. The lowest BCUT2D eigenvalue weighted by molar-refractivity contribution is -0.147. The molecule has 2 atom stereocenters. The number of rotatable bonds is 8. The van der Waals surface area contributed by atoms with Gasteiger partial charge in [-0.1, -0.05) is 19.3 Å². The number of carbonyl (C=O) groups is 1. The molecule has 1 fully saturated rings. The maximum absolute atomic E-state index is 12.7. The number of allylic oxidation sites excluding steroid dienone is 1. The molecule has 144 valence electrons. The molecule has 0 unspecified atom stereocenters. The standard InChI is InChI=1S/C20H29NO4S/c22-9-4-5-10-24-19-13-16(15-8-11-26-14-15)12-18(25-19)20(23)21-17-6-2-1-3-7-17/h8,11-12,14,16-17,19,22H,1-7,9-10,13H2,(H,21,23)/t16-,19+/m1/s1. The maximum Gasteiger partial charge on any atom is 0.286 e. The van der Waals surface area contributed by atoms with E-state index in [0.717, 1.165) is 19.3 Å². The first kappa shape index (κ1) is 19.4. The van der Waals surface area contributed by atoms with Crippen LogP contribution in [0.4, 0.5) is 0 Å². The van der Waals surface area contributed by atoms with Gasteiger partial charge in [-0.25, -0.2) is 0 Å². The number of thiophene rings is 1. The first-order chi connectivity index (χ1) is 12.8. The minimum absolute atomic E-state index is 0.124. The van der Waals surface area contributed by atoms with Crippen LogP contribution in [0.5, 0.6) is 0 Å². The van der Waals surface area contributed by atoms with Crippen LogP contribution in [-0.2, 0) is 14.3 Å². The Bertz CT molecular complexity index is 581. The van der Waals surface area contributed by atoms with Crippen LogP contribution in [-0.4, -0.2) is 36.6 Å². The van der Waals surface area contributed by atoms with E-state index in [4.69, 9.17) is 14.6 Å². The Hall–Kier alpha value is -1.37. The van der Waals surface area contributed by atoms with Crippen molar-refractivity contribution in [3.63, 3.8) is 0 Å². The molecule has 1 saturated carbocycles. The molecule has 0 radical (unpaired) electrons. The molecule has 3 rings (SSSR count). The number of carbonyl (C=O) groups excluding carboxylic acids is 1. The van der Waals surface area contributed by atoms with Crippen LogP contribution < -0.4 is 5.32 Å². The minimum atomic E-state index is -0.421. The molecule has 2 N–H and O–H groups in total. The second-order valence-corrected chi connectivity index (χ2v) is 7.87.